The van der Waals surface area contributed by atoms with E-state index >= 15 is 0 Å². The van der Waals surface area contributed by atoms with E-state index in [1.165, 1.54) is 44.9 Å². The molecule has 0 saturated carbocycles. The lowest BCUT2D eigenvalue weighted by Gasteiger charge is -2.25. The molecule has 1 atom stereocenters. The zero-order chi connectivity index (χ0) is 13.7. The van der Waals surface area contributed by atoms with Crippen LogP contribution in [0.3, 0.4) is 0 Å². The van der Waals surface area contributed by atoms with Gasteiger partial charge in [-0.15, -0.1) is 0 Å². The average Bonchev–Trinajstić information content (AvgIpc) is 2.39. The van der Waals surface area contributed by atoms with Gasteiger partial charge in [-0.25, -0.2) is 0 Å². The summed E-state index contributed by atoms with van der Waals surface area (Å²) >= 11 is 0. The van der Waals surface area contributed by atoms with Crippen LogP contribution in [0.2, 0.25) is 0 Å². The van der Waals surface area contributed by atoms with Gasteiger partial charge in [0.05, 0.1) is 12.2 Å². The van der Waals surface area contributed by atoms with E-state index in [1.54, 1.807) is 0 Å². The molecule has 2 heteroatoms. The van der Waals surface area contributed by atoms with Gasteiger partial charge in [-0.3, -0.25) is 0 Å². The molecule has 0 aliphatic carbocycles. The van der Waals surface area contributed by atoms with Crippen molar-refractivity contribution < 1.29 is 10.2 Å². The van der Waals surface area contributed by atoms with E-state index in [0.717, 1.165) is 32.1 Å². The molecule has 0 radical (unpaired) electrons. The Balaban J connectivity index is 3.44. The average molecular weight is 258 g/mol. The van der Waals surface area contributed by atoms with Crippen molar-refractivity contribution in [3.05, 3.63) is 0 Å². The highest BCUT2D eigenvalue weighted by molar-refractivity contribution is 4.77. The van der Waals surface area contributed by atoms with Crippen LogP contribution < -0.4 is 0 Å². The van der Waals surface area contributed by atoms with Crippen molar-refractivity contribution >= 4 is 0 Å². The van der Waals surface area contributed by atoms with E-state index in [1.807, 2.05) is 0 Å². The molecule has 18 heavy (non-hydrogen) atoms. The van der Waals surface area contributed by atoms with Crippen molar-refractivity contribution in [1.82, 2.24) is 0 Å². The second-order valence-corrected chi connectivity index (χ2v) is 5.71. The summed E-state index contributed by atoms with van der Waals surface area (Å²) in [6.45, 7) is 4.28. The Hall–Kier alpha value is -0.0800. The van der Waals surface area contributed by atoms with E-state index in [-0.39, 0.29) is 6.61 Å². The van der Waals surface area contributed by atoms with E-state index in [2.05, 4.69) is 13.8 Å². The molecule has 0 bridgehead atoms. The summed E-state index contributed by atoms with van der Waals surface area (Å²) in [7, 11) is 0. The summed E-state index contributed by atoms with van der Waals surface area (Å²) < 4.78 is 0. The smallest absolute Gasteiger partial charge is 0.0877 e. The molecule has 0 aromatic carbocycles. The van der Waals surface area contributed by atoms with Gasteiger partial charge in [0.15, 0.2) is 0 Å². The lowest BCUT2D eigenvalue weighted by molar-refractivity contribution is -0.0311. The van der Waals surface area contributed by atoms with Crippen molar-refractivity contribution in [3.63, 3.8) is 0 Å². The molecule has 0 saturated heterocycles. The quantitative estimate of drug-likeness (QED) is 0.480. The van der Waals surface area contributed by atoms with Gasteiger partial charge in [-0.2, -0.15) is 0 Å². The van der Waals surface area contributed by atoms with Gasteiger partial charge < -0.3 is 10.2 Å². The van der Waals surface area contributed by atoms with Crippen molar-refractivity contribution in [3.8, 4) is 0 Å². The third-order valence-electron chi connectivity index (χ3n) is 3.79. The lowest BCUT2D eigenvalue weighted by Crippen LogP contribution is -2.33. The predicted molar refractivity (Wildman–Crippen MR) is 78.8 cm³/mol. The highest BCUT2D eigenvalue weighted by atomic mass is 16.3. The normalized spacial score (nSPS) is 14.7. The van der Waals surface area contributed by atoms with E-state index < -0.39 is 5.60 Å². The SMILES string of the molecule is CCCCCCCCCCC(O)(CO)CCCC. The zero-order valence-electron chi connectivity index (χ0n) is 12.6. The molecule has 0 fully saturated rings. The molecular weight excluding hydrogens is 224 g/mol. The molecule has 0 amide bonds. The summed E-state index contributed by atoms with van der Waals surface area (Å²) in [5.41, 5.74) is -0.807. The van der Waals surface area contributed by atoms with Gasteiger partial charge in [0.25, 0.3) is 0 Å². The van der Waals surface area contributed by atoms with Gasteiger partial charge in [0.2, 0.25) is 0 Å². The fourth-order valence-electron chi connectivity index (χ4n) is 2.38. The lowest BCUT2D eigenvalue weighted by atomic mass is 9.91. The van der Waals surface area contributed by atoms with Gasteiger partial charge in [-0.1, -0.05) is 78.1 Å². The molecule has 0 aliphatic heterocycles. The van der Waals surface area contributed by atoms with E-state index in [9.17, 15) is 10.2 Å². The first-order valence-corrected chi connectivity index (χ1v) is 8.01. The molecule has 2 nitrogen and oxygen atoms in total. The first-order chi connectivity index (χ1) is 8.68. The van der Waals surface area contributed by atoms with Crippen LogP contribution in [0.5, 0.6) is 0 Å². The maximum atomic E-state index is 10.2. The minimum Gasteiger partial charge on any atom is -0.393 e. The van der Waals surface area contributed by atoms with Crippen LogP contribution in [0.25, 0.3) is 0 Å². The van der Waals surface area contributed by atoms with Crippen molar-refractivity contribution in [1.29, 1.82) is 0 Å². The highest BCUT2D eigenvalue weighted by Gasteiger charge is 2.24. The molecule has 0 aromatic rings. The van der Waals surface area contributed by atoms with Crippen LogP contribution in [-0.2, 0) is 0 Å². The zero-order valence-corrected chi connectivity index (χ0v) is 12.6. The Morgan fingerprint density at radius 3 is 1.61 bits per heavy atom. The Kier molecular flexibility index (Phi) is 11.9. The van der Waals surface area contributed by atoms with E-state index in [0.29, 0.717) is 0 Å². The van der Waals surface area contributed by atoms with Crippen LogP contribution in [-0.4, -0.2) is 22.4 Å². The number of aliphatic hydroxyl groups excluding tert-OH is 1. The molecule has 110 valence electrons. The number of hydrogen-bond acceptors (Lipinski definition) is 2. The summed E-state index contributed by atoms with van der Waals surface area (Å²) in [6, 6.07) is 0. The van der Waals surface area contributed by atoms with Gasteiger partial charge in [0, 0.05) is 0 Å². The maximum absolute atomic E-state index is 10.2. The van der Waals surface area contributed by atoms with Gasteiger partial charge in [-0.05, 0) is 12.8 Å². The molecule has 0 rings (SSSR count). The Labute approximate surface area is 114 Å². The summed E-state index contributed by atoms with van der Waals surface area (Å²) in [5, 5.41) is 19.4. The molecule has 0 spiro atoms. The van der Waals surface area contributed by atoms with Crippen LogP contribution in [0.1, 0.15) is 90.9 Å². The van der Waals surface area contributed by atoms with Gasteiger partial charge in [0.1, 0.15) is 0 Å². The summed E-state index contributed by atoms with van der Waals surface area (Å²) in [4.78, 5) is 0. The topological polar surface area (TPSA) is 40.5 Å². The third-order valence-corrected chi connectivity index (χ3v) is 3.79. The minimum absolute atomic E-state index is 0.0799. The molecule has 2 N–H and O–H groups in total. The van der Waals surface area contributed by atoms with Gasteiger partial charge >= 0.3 is 0 Å². The largest absolute Gasteiger partial charge is 0.393 e. The summed E-state index contributed by atoms with van der Waals surface area (Å²) in [6.07, 6.45) is 13.8. The molecule has 0 heterocycles. The van der Waals surface area contributed by atoms with Crippen LogP contribution in [0.15, 0.2) is 0 Å². The van der Waals surface area contributed by atoms with Crippen molar-refractivity contribution in [2.24, 2.45) is 0 Å². The fourth-order valence-corrected chi connectivity index (χ4v) is 2.38. The highest BCUT2D eigenvalue weighted by Crippen LogP contribution is 2.22. The number of unbranched alkanes of at least 4 members (excludes halogenated alkanes) is 8. The Morgan fingerprint density at radius 2 is 1.11 bits per heavy atom. The van der Waals surface area contributed by atoms with E-state index in [4.69, 9.17) is 0 Å². The first kappa shape index (κ1) is 17.9. The van der Waals surface area contributed by atoms with Crippen molar-refractivity contribution in [2.75, 3.05) is 6.61 Å². The van der Waals surface area contributed by atoms with Crippen LogP contribution >= 0.6 is 0 Å². The van der Waals surface area contributed by atoms with Crippen molar-refractivity contribution in [2.45, 2.75) is 96.5 Å². The second-order valence-electron chi connectivity index (χ2n) is 5.71. The van der Waals surface area contributed by atoms with Crippen LogP contribution in [0.4, 0.5) is 0 Å². The monoisotopic (exact) mass is 258 g/mol. The maximum Gasteiger partial charge on any atom is 0.0877 e. The second kappa shape index (κ2) is 12.0. The predicted octanol–water partition coefficient (Wildman–Crippen LogP) is 4.43. The fraction of sp³-hybridized carbons (Fsp3) is 1.00. The molecule has 1 unspecified atom stereocenters. The molecular formula is C16H34O2. The number of hydrogen-bond donors (Lipinski definition) is 2. The minimum atomic E-state index is -0.807. The van der Waals surface area contributed by atoms with Crippen LogP contribution in [0, 0.1) is 0 Å². The first-order valence-electron chi connectivity index (χ1n) is 8.01. The number of rotatable bonds is 13. The molecule has 0 aliphatic rings. The molecule has 0 aromatic heterocycles. The Bertz CT molecular complexity index is 170. The summed E-state index contributed by atoms with van der Waals surface area (Å²) in [5.74, 6) is 0. The Morgan fingerprint density at radius 1 is 0.667 bits per heavy atom. The standard InChI is InChI=1S/C16H34O2/c1-3-5-7-8-9-10-11-12-14-16(18,15-17)13-6-4-2/h17-18H,3-15H2,1-2H3. The third kappa shape index (κ3) is 9.90. The number of aliphatic hydroxyl groups is 2.